The monoisotopic (exact) mass is 825 g/mol. The molecule has 5 heteroatoms. The molecule has 1 amide bonds. The van der Waals surface area contributed by atoms with Crippen molar-refractivity contribution in [3.05, 3.63) is 0 Å². The van der Waals surface area contributed by atoms with Gasteiger partial charge in [0.2, 0.25) is 5.91 Å². The highest BCUT2D eigenvalue weighted by molar-refractivity contribution is 8.76. The Morgan fingerprint density at radius 1 is 0.357 bits per heavy atom. The predicted molar refractivity (Wildman–Crippen MR) is 260 cm³/mol. The molecule has 0 spiro atoms. The van der Waals surface area contributed by atoms with E-state index in [1.54, 1.807) is 0 Å². The third kappa shape index (κ3) is 43.7. The first kappa shape index (κ1) is 56.1. The van der Waals surface area contributed by atoms with Gasteiger partial charge in [0.05, 0.1) is 6.04 Å². The standard InChI is InChI=1S/C51H104N2OS2/c1-4-7-10-13-16-19-22-24-26-28-30-32-34-37-40-43-46-53(47-44-41-38-35-33-31-29-27-25-23-20-17-14-11-8-5-2)51(54)50(52)49-56-55-48-45-42-39-36-21-18-15-12-9-6-3/h50H,4-49,52H2,1-3H3/t50-/m0/s1. The van der Waals surface area contributed by atoms with Crippen molar-refractivity contribution in [3.63, 3.8) is 0 Å². The molecule has 0 heterocycles. The van der Waals surface area contributed by atoms with E-state index in [4.69, 9.17) is 5.73 Å². The Morgan fingerprint density at radius 3 is 0.857 bits per heavy atom. The number of nitrogens with zero attached hydrogens (tertiary/aromatic N) is 1. The third-order valence-electron chi connectivity index (χ3n) is 12.1. The summed E-state index contributed by atoms with van der Waals surface area (Å²) in [5.74, 6) is 2.14. The molecule has 0 aliphatic heterocycles. The molecular formula is C51H104N2OS2. The van der Waals surface area contributed by atoms with Gasteiger partial charge >= 0.3 is 0 Å². The van der Waals surface area contributed by atoms with Crippen LogP contribution in [0.1, 0.15) is 290 Å². The van der Waals surface area contributed by atoms with Crippen molar-refractivity contribution >= 4 is 27.5 Å². The third-order valence-corrected chi connectivity index (χ3v) is 14.6. The average molecular weight is 826 g/mol. The number of carbonyl (C=O) groups excluding carboxylic acids is 1. The van der Waals surface area contributed by atoms with Gasteiger partial charge in [0.15, 0.2) is 0 Å². The van der Waals surface area contributed by atoms with Gasteiger partial charge in [0, 0.05) is 24.6 Å². The number of amides is 1. The molecular weight excluding hydrogens is 721 g/mol. The molecule has 0 aromatic rings. The molecule has 0 saturated heterocycles. The number of unbranched alkanes of at least 4 members (excludes halogenated alkanes) is 39. The Labute approximate surface area is 362 Å². The molecule has 0 aromatic carbocycles. The molecule has 2 N–H and O–H groups in total. The molecule has 0 rings (SSSR count). The molecule has 56 heavy (non-hydrogen) atoms. The van der Waals surface area contributed by atoms with E-state index in [-0.39, 0.29) is 11.9 Å². The Hall–Kier alpha value is 0.130. The van der Waals surface area contributed by atoms with Crippen molar-refractivity contribution < 1.29 is 4.79 Å². The van der Waals surface area contributed by atoms with Gasteiger partial charge in [-0.15, -0.1) is 0 Å². The van der Waals surface area contributed by atoms with E-state index in [1.165, 1.54) is 263 Å². The van der Waals surface area contributed by atoms with E-state index in [0.29, 0.717) is 0 Å². The van der Waals surface area contributed by atoms with Crippen molar-refractivity contribution in [1.29, 1.82) is 0 Å². The van der Waals surface area contributed by atoms with Gasteiger partial charge in [0.1, 0.15) is 0 Å². The van der Waals surface area contributed by atoms with E-state index >= 15 is 0 Å². The van der Waals surface area contributed by atoms with Crippen LogP contribution in [-0.2, 0) is 4.79 Å². The van der Waals surface area contributed by atoms with Gasteiger partial charge in [-0.05, 0) is 19.3 Å². The van der Waals surface area contributed by atoms with Crippen LogP contribution >= 0.6 is 21.6 Å². The lowest BCUT2D eigenvalue weighted by molar-refractivity contribution is -0.132. The maximum atomic E-state index is 13.6. The predicted octanol–water partition coefficient (Wildman–Crippen LogP) is 18.0. The summed E-state index contributed by atoms with van der Waals surface area (Å²) in [4.78, 5) is 15.7. The second kappa shape index (κ2) is 49.5. The Balaban J connectivity index is 4.20. The smallest absolute Gasteiger partial charge is 0.240 e. The summed E-state index contributed by atoms with van der Waals surface area (Å²) in [5, 5.41) is 0. The molecule has 336 valence electrons. The van der Waals surface area contributed by atoms with Crippen LogP contribution in [0.25, 0.3) is 0 Å². The van der Waals surface area contributed by atoms with Crippen molar-refractivity contribution in [2.75, 3.05) is 24.6 Å². The molecule has 0 aliphatic carbocycles. The molecule has 0 aliphatic rings. The summed E-state index contributed by atoms with van der Waals surface area (Å²) in [5.41, 5.74) is 6.55. The number of rotatable bonds is 49. The van der Waals surface area contributed by atoms with Gasteiger partial charge in [0.25, 0.3) is 0 Å². The van der Waals surface area contributed by atoms with Gasteiger partial charge in [-0.25, -0.2) is 0 Å². The van der Waals surface area contributed by atoms with Crippen LogP contribution in [0.4, 0.5) is 0 Å². The topological polar surface area (TPSA) is 46.3 Å². The maximum absolute atomic E-state index is 13.6. The summed E-state index contributed by atoms with van der Waals surface area (Å²) < 4.78 is 0. The fourth-order valence-electron chi connectivity index (χ4n) is 8.17. The van der Waals surface area contributed by atoms with Gasteiger partial charge in [-0.3, -0.25) is 4.79 Å². The summed E-state index contributed by atoms with van der Waals surface area (Å²) in [6.45, 7) is 8.70. The maximum Gasteiger partial charge on any atom is 0.240 e. The zero-order valence-electron chi connectivity index (χ0n) is 38.9. The SMILES string of the molecule is CCCCCCCCCCCCCCCCCCN(CCCCCCCCCCCCCCCCCC)C(=O)[C@@H](N)CSSCCCCCCCCCCCC. The minimum atomic E-state index is -0.359. The molecule has 0 unspecified atom stereocenters. The number of nitrogens with two attached hydrogens (primary N) is 1. The quantitative estimate of drug-likeness (QED) is 0.0490. The van der Waals surface area contributed by atoms with Gasteiger partial charge in [-0.1, -0.05) is 293 Å². The molecule has 0 radical (unpaired) electrons. The highest BCUT2D eigenvalue weighted by Gasteiger charge is 2.20. The van der Waals surface area contributed by atoms with E-state index in [1.807, 2.05) is 21.6 Å². The molecule has 0 fully saturated rings. The summed E-state index contributed by atoms with van der Waals surface area (Å²) >= 11 is 0. The Kier molecular flexibility index (Phi) is 49.6. The zero-order valence-corrected chi connectivity index (χ0v) is 40.5. The molecule has 0 saturated carbocycles. The highest BCUT2D eigenvalue weighted by Crippen LogP contribution is 2.24. The molecule has 0 bridgehead atoms. The van der Waals surface area contributed by atoms with Crippen molar-refractivity contribution in [1.82, 2.24) is 4.90 Å². The highest BCUT2D eigenvalue weighted by atomic mass is 33.1. The van der Waals surface area contributed by atoms with Crippen LogP contribution in [0.5, 0.6) is 0 Å². The lowest BCUT2D eigenvalue weighted by atomic mass is 10.0. The van der Waals surface area contributed by atoms with Crippen LogP contribution in [0.3, 0.4) is 0 Å². The largest absolute Gasteiger partial charge is 0.341 e. The van der Waals surface area contributed by atoms with Gasteiger partial charge < -0.3 is 10.6 Å². The van der Waals surface area contributed by atoms with Gasteiger partial charge in [-0.2, -0.15) is 0 Å². The van der Waals surface area contributed by atoms with Crippen LogP contribution < -0.4 is 5.73 Å². The lowest BCUT2D eigenvalue weighted by Crippen LogP contribution is -2.45. The van der Waals surface area contributed by atoms with E-state index < -0.39 is 0 Å². The lowest BCUT2D eigenvalue weighted by Gasteiger charge is -2.26. The Bertz CT molecular complexity index is 701. The van der Waals surface area contributed by atoms with Crippen LogP contribution in [-0.4, -0.2) is 41.4 Å². The summed E-state index contributed by atoms with van der Waals surface area (Å²) in [6.07, 6.45) is 58.2. The van der Waals surface area contributed by atoms with Crippen LogP contribution in [0, 0.1) is 0 Å². The first-order chi connectivity index (χ1) is 27.7. The second-order valence-corrected chi connectivity index (χ2v) is 20.5. The average Bonchev–Trinajstić information content (AvgIpc) is 3.21. The fraction of sp³-hybridized carbons (Fsp3) is 0.980. The molecule has 0 aromatic heterocycles. The van der Waals surface area contributed by atoms with Crippen molar-refractivity contribution in [2.45, 2.75) is 296 Å². The van der Waals surface area contributed by atoms with Crippen LogP contribution in [0.2, 0.25) is 0 Å². The van der Waals surface area contributed by atoms with E-state index in [2.05, 4.69) is 25.7 Å². The normalized spacial score (nSPS) is 12.1. The zero-order chi connectivity index (χ0) is 40.7. The summed E-state index contributed by atoms with van der Waals surface area (Å²) in [6, 6.07) is -0.359. The van der Waals surface area contributed by atoms with Crippen LogP contribution in [0.15, 0.2) is 0 Å². The van der Waals surface area contributed by atoms with Crippen molar-refractivity contribution in [2.24, 2.45) is 5.73 Å². The fourth-order valence-corrected chi connectivity index (χ4v) is 10.4. The minimum Gasteiger partial charge on any atom is -0.341 e. The molecule has 3 nitrogen and oxygen atoms in total. The van der Waals surface area contributed by atoms with Crippen molar-refractivity contribution in [3.8, 4) is 0 Å². The molecule has 1 atom stereocenters. The summed E-state index contributed by atoms with van der Waals surface area (Å²) in [7, 11) is 3.76. The van der Waals surface area contributed by atoms with E-state index in [0.717, 1.165) is 31.7 Å². The minimum absolute atomic E-state index is 0.207. The van der Waals surface area contributed by atoms with E-state index in [9.17, 15) is 4.79 Å². The number of hydrogen-bond acceptors (Lipinski definition) is 4. The first-order valence-electron chi connectivity index (χ1n) is 26.0. The Morgan fingerprint density at radius 2 is 0.589 bits per heavy atom. The first-order valence-corrected chi connectivity index (χ1v) is 28.4. The number of hydrogen-bond donors (Lipinski definition) is 1. The second-order valence-electron chi connectivity index (χ2n) is 17.8. The number of carbonyl (C=O) groups is 1.